The van der Waals surface area contributed by atoms with Crippen molar-refractivity contribution in [3.05, 3.63) is 24.0 Å². The Morgan fingerprint density at radius 1 is 1.29 bits per heavy atom. The molecule has 6 heteroatoms. The monoisotopic (exact) mass is 296 g/mol. The Labute approximate surface area is 124 Å². The number of amides is 1. The van der Waals surface area contributed by atoms with Crippen LogP contribution in [0.15, 0.2) is 18.2 Å². The Kier molecular flexibility index (Phi) is 5.95. The van der Waals surface area contributed by atoms with Gasteiger partial charge in [-0.15, -0.1) is 0 Å². The van der Waals surface area contributed by atoms with Crippen LogP contribution in [0.25, 0.3) is 0 Å². The number of carbonyl (C=O) groups is 1. The van der Waals surface area contributed by atoms with Gasteiger partial charge in [0.2, 0.25) is 5.91 Å². The van der Waals surface area contributed by atoms with E-state index in [-0.39, 0.29) is 18.3 Å². The SMILES string of the molecule is COCCOCC(=O)Nc1cc(F)cc(N2CCCC2)c1. The van der Waals surface area contributed by atoms with Crippen LogP contribution in [0.1, 0.15) is 12.8 Å². The van der Waals surface area contributed by atoms with Crippen LogP contribution >= 0.6 is 0 Å². The van der Waals surface area contributed by atoms with Crippen molar-refractivity contribution in [2.24, 2.45) is 0 Å². The van der Waals surface area contributed by atoms with E-state index in [9.17, 15) is 9.18 Å². The molecule has 0 atom stereocenters. The van der Waals surface area contributed by atoms with E-state index in [0.29, 0.717) is 18.9 Å². The lowest BCUT2D eigenvalue weighted by atomic mass is 10.2. The summed E-state index contributed by atoms with van der Waals surface area (Å²) in [4.78, 5) is 13.8. The first-order valence-electron chi connectivity index (χ1n) is 7.11. The topological polar surface area (TPSA) is 50.8 Å². The maximum atomic E-state index is 13.7. The number of halogens is 1. The molecule has 2 rings (SSSR count). The van der Waals surface area contributed by atoms with Crippen LogP contribution in [-0.2, 0) is 14.3 Å². The molecule has 0 saturated carbocycles. The molecule has 1 aromatic rings. The summed E-state index contributed by atoms with van der Waals surface area (Å²) < 4.78 is 23.6. The van der Waals surface area contributed by atoms with Gasteiger partial charge < -0.3 is 19.7 Å². The fourth-order valence-electron chi connectivity index (χ4n) is 2.31. The Hall–Kier alpha value is -1.66. The molecule has 1 amide bonds. The molecule has 0 radical (unpaired) electrons. The van der Waals surface area contributed by atoms with Gasteiger partial charge in [0.05, 0.1) is 13.2 Å². The minimum absolute atomic E-state index is 0.0705. The quantitative estimate of drug-likeness (QED) is 0.782. The third-order valence-corrected chi connectivity index (χ3v) is 3.30. The van der Waals surface area contributed by atoms with E-state index in [0.717, 1.165) is 31.6 Å². The van der Waals surface area contributed by atoms with Crippen LogP contribution in [0, 0.1) is 5.82 Å². The van der Waals surface area contributed by atoms with E-state index >= 15 is 0 Å². The van der Waals surface area contributed by atoms with Crippen LogP contribution in [0.4, 0.5) is 15.8 Å². The van der Waals surface area contributed by atoms with Crippen LogP contribution in [0.5, 0.6) is 0 Å². The fourth-order valence-corrected chi connectivity index (χ4v) is 2.31. The number of hydrogen-bond acceptors (Lipinski definition) is 4. The number of anilines is 2. The molecule has 1 fully saturated rings. The van der Waals surface area contributed by atoms with E-state index in [1.54, 1.807) is 13.2 Å². The van der Waals surface area contributed by atoms with Crippen molar-refractivity contribution in [2.45, 2.75) is 12.8 Å². The first kappa shape index (κ1) is 15.7. The fraction of sp³-hybridized carbons (Fsp3) is 0.533. The maximum Gasteiger partial charge on any atom is 0.250 e. The van der Waals surface area contributed by atoms with Gasteiger partial charge >= 0.3 is 0 Å². The summed E-state index contributed by atoms with van der Waals surface area (Å²) >= 11 is 0. The normalized spacial score (nSPS) is 14.5. The first-order chi connectivity index (χ1) is 10.2. The van der Waals surface area contributed by atoms with Crippen LogP contribution in [0.2, 0.25) is 0 Å². The lowest BCUT2D eigenvalue weighted by molar-refractivity contribution is -0.121. The van der Waals surface area contributed by atoms with Gasteiger partial charge in [0.1, 0.15) is 12.4 Å². The molecular formula is C15H21FN2O3. The molecule has 0 bridgehead atoms. The van der Waals surface area contributed by atoms with Gasteiger partial charge in [0.15, 0.2) is 0 Å². The highest BCUT2D eigenvalue weighted by Gasteiger charge is 2.14. The van der Waals surface area contributed by atoms with Crippen molar-refractivity contribution >= 4 is 17.3 Å². The average Bonchev–Trinajstić information content (AvgIpc) is 2.97. The number of benzene rings is 1. The minimum Gasteiger partial charge on any atom is -0.382 e. The zero-order valence-electron chi connectivity index (χ0n) is 12.2. The Bertz CT molecular complexity index is 476. The lowest BCUT2D eigenvalue weighted by Crippen LogP contribution is -2.21. The van der Waals surface area contributed by atoms with Crippen molar-refractivity contribution < 1.29 is 18.7 Å². The van der Waals surface area contributed by atoms with Crippen LogP contribution in [-0.4, -0.2) is 45.9 Å². The van der Waals surface area contributed by atoms with E-state index < -0.39 is 0 Å². The molecule has 1 aliphatic rings. The summed E-state index contributed by atoms with van der Waals surface area (Å²) in [7, 11) is 1.57. The number of rotatable bonds is 7. The highest BCUT2D eigenvalue weighted by molar-refractivity contribution is 5.92. The first-order valence-corrected chi connectivity index (χ1v) is 7.11. The Morgan fingerprint density at radius 3 is 2.76 bits per heavy atom. The zero-order chi connectivity index (χ0) is 15.1. The van der Waals surface area contributed by atoms with Gasteiger partial charge in [-0.05, 0) is 31.0 Å². The molecule has 0 aliphatic carbocycles. The highest BCUT2D eigenvalue weighted by Crippen LogP contribution is 2.25. The number of nitrogens with zero attached hydrogens (tertiary/aromatic N) is 1. The molecular weight excluding hydrogens is 275 g/mol. The van der Waals surface area contributed by atoms with Crippen molar-refractivity contribution in [3.63, 3.8) is 0 Å². The van der Waals surface area contributed by atoms with Gasteiger partial charge in [0, 0.05) is 31.6 Å². The predicted octanol–water partition coefficient (Wildman–Crippen LogP) is 2.03. The summed E-state index contributed by atoms with van der Waals surface area (Å²) in [5.41, 5.74) is 1.26. The molecule has 1 saturated heterocycles. The predicted molar refractivity (Wildman–Crippen MR) is 79.2 cm³/mol. The molecule has 116 valence electrons. The Balaban J connectivity index is 1.91. The van der Waals surface area contributed by atoms with Gasteiger partial charge in [-0.1, -0.05) is 0 Å². The van der Waals surface area contributed by atoms with Crippen molar-refractivity contribution in [1.29, 1.82) is 0 Å². The second kappa shape index (κ2) is 7.95. The average molecular weight is 296 g/mol. The van der Waals surface area contributed by atoms with E-state index in [4.69, 9.17) is 9.47 Å². The number of carbonyl (C=O) groups excluding carboxylic acids is 1. The number of ether oxygens (including phenoxy) is 2. The molecule has 1 aliphatic heterocycles. The largest absolute Gasteiger partial charge is 0.382 e. The van der Waals surface area contributed by atoms with E-state index in [1.807, 2.05) is 0 Å². The summed E-state index contributed by atoms with van der Waals surface area (Å²) in [6, 6.07) is 4.60. The number of methoxy groups -OCH3 is 1. The summed E-state index contributed by atoms with van der Waals surface area (Å²) in [6.07, 6.45) is 2.23. The van der Waals surface area contributed by atoms with Crippen LogP contribution in [0.3, 0.4) is 0 Å². The molecule has 1 aromatic carbocycles. The molecule has 0 spiro atoms. The second-order valence-corrected chi connectivity index (χ2v) is 4.99. The smallest absolute Gasteiger partial charge is 0.250 e. The summed E-state index contributed by atoms with van der Waals surface area (Å²) in [5.74, 6) is -0.654. The summed E-state index contributed by atoms with van der Waals surface area (Å²) in [6.45, 7) is 2.57. The molecule has 1 N–H and O–H groups in total. The highest BCUT2D eigenvalue weighted by atomic mass is 19.1. The Morgan fingerprint density at radius 2 is 2.05 bits per heavy atom. The van der Waals surface area contributed by atoms with Crippen LogP contribution < -0.4 is 10.2 Å². The number of hydrogen-bond donors (Lipinski definition) is 1. The van der Waals surface area contributed by atoms with Gasteiger partial charge in [-0.3, -0.25) is 4.79 Å². The van der Waals surface area contributed by atoms with Gasteiger partial charge in [0.25, 0.3) is 0 Å². The lowest BCUT2D eigenvalue weighted by Gasteiger charge is -2.18. The summed E-state index contributed by atoms with van der Waals surface area (Å²) in [5, 5.41) is 2.65. The number of nitrogens with one attached hydrogen (secondary N) is 1. The molecule has 0 aromatic heterocycles. The van der Waals surface area contributed by atoms with Crippen molar-refractivity contribution in [3.8, 4) is 0 Å². The maximum absolute atomic E-state index is 13.7. The van der Waals surface area contributed by atoms with Crippen molar-refractivity contribution in [1.82, 2.24) is 0 Å². The molecule has 1 heterocycles. The molecule has 0 unspecified atom stereocenters. The van der Waals surface area contributed by atoms with Gasteiger partial charge in [-0.2, -0.15) is 0 Å². The minimum atomic E-state index is -0.352. The van der Waals surface area contributed by atoms with Crippen molar-refractivity contribution in [2.75, 3.05) is 50.2 Å². The standard InChI is InChI=1S/C15H21FN2O3/c1-20-6-7-21-11-15(19)17-13-8-12(16)9-14(10-13)18-4-2-3-5-18/h8-10H,2-7,11H2,1H3,(H,17,19). The van der Waals surface area contributed by atoms with Gasteiger partial charge in [-0.25, -0.2) is 4.39 Å². The molecule has 21 heavy (non-hydrogen) atoms. The van der Waals surface area contributed by atoms with E-state index in [1.165, 1.54) is 12.1 Å². The van der Waals surface area contributed by atoms with E-state index in [2.05, 4.69) is 10.2 Å². The second-order valence-electron chi connectivity index (χ2n) is 4.99. The third-order valence-electron chi connectivity index (χ3n) is 3.30. The zero-order valence-corrected chi connectivity index (χ0v) is 12.2. The molecule has 5 nitrogen and oxygen atoms in total. The third kappa shape index (κ3) is 4.99.